The lowest BCUT2D eigenvalue weighted by Crippen LogP contribution is -1.97. The average molecular weight is 277 g/mol. The summed E-state index contributed by atoms with van der Waals surface area (Å²) in [5.41, 5.74) is 3.45. The van der Waals surface area contributed by atoms with Gasteiger partial charge in [-0.25, -0.2) is 4.39 Å². The smallest absolute Gasteiger partial charge is 0.124 e. The highest BCUT2D eigenvalue weighted by atomic mass is 19.1. The van der Waals surface area contributed by atoms with Crippen LogP contribution in [0.25, 0.3) is 10.9 Å². The third-order valence-corrected chi connectivity index (χ3v) is 3.22. The number of anilines is 2. The summed E-state index contributed by atoms with van der Waals surface area (Å²) in [5.74, 6) is -0.423. The van der Waals surface area contributed by atoms with E-state index in [4.69, 9.17) is 5.26 Å². The van der Waals surface area contributed by atoms with E-state index in [1.54, 1.807) is 6.07 Å². The lowest BCUT2D eigenvalue weighted by atomic mass is 10.1. The van der Waals surface area contributed by atoms with Gasteiger partial charge in [0, 0.05) is 16.8 Å². The molecular weight excluding hydrogens is 265 g/mol. The van der Waals surface area contributed by atoms with Gasteiger partial charge in [0.15, 0.2) is 0 Å². The number of nitrogens with one attached hydrogen (secondary N) is 1. The Hall–Kier alpha value is -2.93. The minimum atomic E-state index is -0.423. The van der Waals surface area contributed by atoms with Gasteiger partial charge in [0.2, 0.25) is 0 Å². The lowest BCUT2D eigenvalue weighted by Gasteiger charge is -2.12. The van der Waals surface area contributed by atoms with Crippen LogP contribution in [0.5, 0.6) is 0 Å². The molecule has 0 saturated heterocycles. The zero-order chi connectivity index (χ0) is 14.8. The molecule has 2 aromatic carbocycles. The molecule has 1 heterocycles. The molecular formula is C17H12FN3. The number of para-hydroxylation sites is 1. The number of nitriles is 1. The highest BCUT2D eigenvalue weighted by molar-refractivity contribution is 5.93. The highest BCUT2D eigenvalue weighted by Gasteiger charge is 2.08. The molecule has 4 heteroatoms. The summed E-state index contributed by atoms with van der Waals surface area (Å²) >= 11 is 0. The zero-order valence-corrected chi connectivity index (χ0v) is 11.4. The van der Waals surface area contributed by atoms with E-state index in [-0.39, 0.29) is 5.56 Å². The van der Waals surface area contributed by atoms with Crippen molar-refractivity contribution in [2.45, 2.75) is 6.92 Å². The predicted molar refractivity (Wildman–Crippen MR) is 80.9 cm³/mol. The number of fused-ring (bicyclic) bond motifs is 1. The number of hydrogen-bond acceptors (Lipinski definition) is 3. The lowest BCUT2D eigenvalue weighted by molar-refractivity contribution is 0.627. The van der Waals surface area contributed by atoms with Crippen LogP contribution in [0.2, 0.25) is 0 Å². The van der Waals surface area contributed by atoms with Crippen LogP contribution >= 0.6 is 0 Å². The first-order valence-corrected chi connectivity index (χ1v) is 6.50. The zero-order valence-electron chi connectivity index (χ0n) is 11.4. The second-order valence-electron chi connectivity index (χ2n) is 4.76. The Kier molecular flexibility index (Phi) is 3.25. The summed E-state index contributed by atoms with van der Waals surface area (Å²) in [6.45, 7) is 1.91. The third kappa shape index (κ3) is 2.54. The van der Waals surface area contributed by atoms with Gasteiger partial charge in [-0.2, -0.15) is 5.26 Å². The van der Waals surface area contributed by atoms with E-state index in [1.807, 2.05) is 43.3 Å². The number of benzene rings is 2. The summed E-state index contributed by atoms with van der Waals surface area (Å²) in [6.07, 6.45) is 0. The van der Waals surface area contributed by atoms with E-state index in [2.05, 4.69) is 10.3 Å². The summed E-state index contributed by atoms with van der Waals surface area (Å²) in [7, 11) is 0. The maximum absolute atomic E-state index is 13.2. The number of halogens is 1. The van der Waals surface area contributed by atoms with E-state index >= 15 is 0 Å². The van der Waals surface area contributed by atoms with Crippen LogP contribution in [-0.4, -0.2) is 4.98 Å². The molecule has 0 aliphatic rings. The van der Waals surface area contributed by atoms with Crippen LogP contribution in [0.4, 0.5) is 15.8 Å². The first-order valence-electron chi connectivity index (χ1n) is 6.50. The molecule has 0 spiro atoms. The van der Waals surface area contributed by atoms with E-state index in [0.717, 1.165) is 22.3 Å². The summed E-state index contributed by atoms with van der Waals surface area (Å²) in [5, 5.41) is 13.3. The Balaban J connectivity index is 2.13. The molecule has 21 heavy (non-hydrogen) atoms. The van der Waals surface area contributed by atoms with E-state index in [9.17, 15) is 4.39 Å². The largest absolute Gasteiger partial charge is 0.354 e. The normalized spacial score (nSPS) is 10.3. The third-order valence-electron chi connectivity index (χ3n) is 3.22. The molecule has 1 N–H and O–H groups in total. The Morgan fingerprint density at radius 2 is 1.90 bits per heavy atom. The minimum Gasteiger partial charge on any atom is -0.354 e. The fourth-order valence-electron chi connectivity index (χ4n) is 2.27. The molecule has 0 fully saturated rings. The fourth-order valence-corrected chi connectivity index (χ4v) is 2.27. The molecule has 1 aromatic heterocycles. The molecule has 0 aliphatic heterocycles. The number of aromatic nitrogens is 1. The Morgan fingerprint density at radius 3 is 2.71 bits per heavy atom. The number of hydrogen-bond donors (Lipinski definition) is 1. The van der Waals surface area contributed by atoms with Gasteiger partial charge >= 0.3 is 0 Å². The molecule has 0 atom stereocenters. The number of pyridine rings is 1. The fraction of sp³-hybridized carbons (Fsp3) is 0.0588. The molecule has 0 bridgehead atoms. The van der Waals surface area contributed by atoms with Gasteiger partial charge in [-0.3, -0.25) is 4.98 Å². The van der Waals surface area contributed by atoms with E-state index in [0.29, 0.717) is 5.69 Å². The molecule has 3 aromatic rings. The standard InChI is InChI=1S/C17H12FN3/c1-11-8-17(14-4-2-3-5-16(14)20-11)21-15-7-6-13(18)9-12(15)10-19/h2-9H,1H3,(H,20,21). The average Bonchev–Trinajstić information content (AvgIpc) is 2.48. The van der Waals surface area contributed by atoms with Gasteiger partial charge in [0.25, 0.3) is 0 Å². The van der Waals surface area contributed by atoms with Crippen molar-refractivity contribution in [2.75, 3.05) is 5.32 Å². The van der Waals surface area contributed by atoms with Crippen molar-refractivity contribution in [2.24, 2.45) is 0 Å². The summed E-state index contributed by atoms with van der Waals surface area (Å²) in [6, 6.07) is 15.8. The SMILES string of the molecule is Cc1cc(Nc2ccc(F)cc2C#N)c2ccccc2n1. The molecule has 0 amide bonds. The maximum Gasteiger partial charge on any atom is 0.124 e. The van der Waals surface area contributed by atoms with Gasteiger partial charge in [0.1, 0.15) is 11.9 Å². The van der Waals surface area contributed by atoms with Gasteiger partial charge < -0.3 is 5.32 Å². The molecule has 0 saturated carbocycles. The number of rotatable bonds is 2. The van der Waals surface area contributed by atoms with Crippen molar-refractivity contribution in [1.82, 2.24) is 4.98 Å². The first-order chi connectivity index (χ1) is 10.2. The van der Waals surface area contributed by atoms with E-state index < -0.39 is 5.82 Å². The van der Waals surface area contributed by atoms with Crippen LogP contribution in [0.15, 0.2) is 48.5 Å². The highest BCUT2D eigenvalue weighted by Crippen LogP contribution is 2.28. The monoisotopic (exact) mass is 277 g/mol. The van der Waals surface area contributed by atoms with Gasteiger partial charge in [-0.1, -0.05) is 18.2 Å². The Labute approximate surface area is 121 Å². The van der Waals surface area contributed by atoms with Gasteiger partial charge in [-0.15, -0.1) is 0 Å². The van der Waals surface area contributed by atoms with Crippen molar-refractivity contribution in [3.05, 3.63) is 65.6 Å². The Bertz CT molecular complexity index is 866. The Morgan fingerprint density at radius 1 is 1.10 bits per heavy atom. The summed E-state index contributed by atoms with van der Waals surface area (Å²) in [4.78, 5) is 4.47. The second kappa shape index (κ2) is 5.22. The quantitative estimate of drug-likeness (QED) is 0.759. The van der Waals surface area contributed by atoms with Crippen molar-refractivity contribution in [1.29, 1.82) is 5.26 Å². The number of aryl methyl sites for hydroxylation is 1. The minimum absolute atomic E-state index is 0.272. The topological polar surface area (TPSA) is 48.7 Å². The summed E-state index contributed by atoms with van der Waals surface area (Å²) < 4.78 is 13.2. The molecule has 0 unspecified atom stereocenters. The molecule has 0 radical (unpaired) electrons. The number of nitrogens with zero attached hydrogens (tertiary/aromatic N) is 2. The molecule has 0 aliphatic carbocycles. The van der Waals surface area contributed by atoms with E-state index in [1.165, 1.54) is 12.1 Å². The van der Waals surface area contributed by atoms with Crippen LogP contribution in [0.1, 0.15) is 11.3 Å². The first kappa shape index (κ1) is 13.1. The maximum atomic E-state index is 13.2. The van der Waals surface area contributed by atoms with Gasteiger partial charge in [-0.05, 0) is 37.3 Å². The molecule has 3 rings (SSSR count). The van der Waals surface area contributed by atoms with Crippen molar-refractivity contribution >= 4 is 22.3 Å². The van der Waals surface area contributed by atoms with Crippen molar-refractivity contribution in [3.8, 4) is 6.07 Å². The van der Waals surface area contributed by atoms with Crippen molar-refractivity contribution < 1.29 is 4.39 Å². The molecule has 3 nitrogen and oxygen atoms in total. The van der Waals surface area contributed by atoms with Crippen molar-refractivity contribution in [3.63, 3.8) is 0 Å². The van der Waals surface area contributed by atoms with Crippen LogP contribution in [0, 0.1) is 24.1 Å². The molecule has 102 valence electrons. The van der Waals surface area contributed by atoms with Crippen LogP contribution < -0.4 is 5.32 Å². The van der Waals surface area contributed by atoms with Crippen LogP contribution in [0.3, 0.4) is 0 Å². The second-order valence-corrected chi connectivity index (χ2v) is 4.76. The van der Waals surface area contributed by atoms with Crippen LogP contribution in [-0.2, 0) is 0 Å². The predicted octanol–water partition coefficient (Wildman–Crippen LogP) is 4.30. The van der Waals surface area contributed by atoms with Gasteiger partial charge in [0.05, 0.1) is 16.8 Å².